The van der Waals surface area contributed by atoms with Gasteiger partial charge in [-0.1, -0.05) is 12.1 Å². The molecule has 1 aromatic rings. The first-order valence-corrected chi connectivity index (χ1v) is 6.82. The normalized spacial score (nSPS) is 10.2. The van der Waals surface area contributed by atoms with Gasteiger partial charge in [0.1, 0.15) is 0 Å². The first kappa shape index (κ1) is 16.2. The number of carbonyl (C=O) groups is 2. The van der Waals surface area contributed by atoms with Crippen molar-refractivity contribution < 1.29 is 14.7 Å². The lowest BCUT2D eigenvalue weighted by atomic mass is 10.1. The summed E-state index contributed by atoms with van der Waals surface area (Å²) in [6.45, 7) is 4.70. The van der Waals surface area contributed by atoms with Gasteiger partial charge in [0.05, 0.1) is 6.42 Å². The Morgan fingerprint density at radius 3 is 2.40 bits per heavy atom. The second-order valence-corrected chi connectivity index (χ2v) is 4.61. The Morgan fingerprint density at radius 1 is 1.25 bits per heavy atom. The van der Waals surface area contributed by atoms with Crippen molar-refractivity contribution >= 4 is 17.5 Å². The summed E-state index contributed by atoms with van der Waals surface area (Å²) in [6, 6.07) is 7.24. The highest BCUT2D eigenvalue weighted by Gasteiger charge is 2.11. The third-order valence-corrected chi connectivity index (χ3v) is 2.95. The van der Waals surface area contributed by atoms with Crippen LogP contribution in [0.15, 0.2) is 24.3 Å². The number of benzene rings is 1. The lowest BCUT2D eigenvalue weighted by Gasteiger charge is -2.20. The summed E-state index contributed by atoms with van der Waals surface area (Å²) in [5, 5.41) is 11.5. The summed E-state index contributed by atoms with van der Waals surface area (Å²) in [5.74, 6) is -0.0665. The lowest BCUT2D eigenvalue weighted by Crippen LogP contribution is -2.33. The molecule has 0 aliphatic heterocycles. The van der Waals surface area contributed by atoms with Crippen LogP contribution in [0.25, 0.3) is 0 Å². The van der Waals surface area contributed by atoms with E-state index in [1.54, 1.807) is 17.0 Å². The van der Waals surface area contributed by atoms with Gasteiger partial charge in [0.2, 0.25) is 11.8 Å². The van der Waals surface area contributed by atoms with E-state index in [1.807, 2.05) is 19.1 Å². The molecule has 20 heavy (non-hydrogen) atoms. The third-order valence-electron chi connectivity index (χ3n) is 2.95. The van der Waals surface area contributed by atoms with Crippen molar-refractivity contribution in [2.75, 3.05) is 25.0 Å². The van der Waals surface area contributed by atoms with E-state index in [1.165, 1.54) is 6.92 Å². The lowest BCUT2D eigenvalue weighted by molar-refractivity contribution is -0.130. The fourth-order valence-corrected chi connectivity index (χ4v) is 1.92. The number of amides is 2. The summed E-state index contributed by atoms with van der Waals surface area (Å²) >= 11 is 0. The Hall–Kier alpha value is -1.88. The van der Waals surface area contributed by atoms with Crippen LogP contribution in [0.1, 0.15) is 25.8 Å². The van der Waals surface area contributed by atoms with Crippen molar-refractivity contribution in [3.63, 3.8) is 0 Å². The van der Waals surface area contributed by atoms with Crippen LogP contribution in [-0.4, -0.2) is 41.5 Å². The summed E-state index contributed by atoms with van der Waals surface area (Å²) in [4.78, 5) is 24.7. The second-order valence-electron chi connectivity index (χ2n) is 4.61. The van der Waals surface area contributed by atoms with Crippen LogP contribution in [0.5, 0.6) is 0 Å². The molecule has 5 nitrogen and oxygen atoms in total. The standard InChI is InChI=1S/C15H22N2O3/c1-3-17(9-4-10-18)15(20)11-13-5-7-14(8-6-13)16-12(2)19/h5-8,18H,3-4,9-11H2,1-2H3,(H,16,19). The fourth-order valence-electron chi connectivity index (χ4n) is 1.92. The van der Waals surface area contributed by atoms with Crippen molar-refractivity contribution in [3.05, 3.63) is 29.8 Å². The number of aliphatic hydroxyl groups is 1. The van der Waals surface area contributed by atoms with Crippen LogP contribution < -0.4 is 5.32 Å². The van der Waals surface area contributed by atoms with E-state index < -0.39 is 0 Å². The molecule has 0 heterocycles. The molecule has 0 bridgehead atoms. The van der Waals surface area contributed by atoms with Gasteiger partial charge in [-0.25, -0.2) is 0 Å². The summed E-state index contributed by atoms with van der Waals surface area (Å²) in [7, 11) is 0. The second kappa shape index (κ2) is 8.32. The maximum atomic E-state index is 12.1. The minimum absolute atomic E-state index is 0.0493. The molecule has 0 saturated carbocycles. The van der Waals surface area contributed by atoms with Crippen molar-refractivity contribution in [2.24, 2.45) is 0 Å². The molecule has 0 fully saturated rings. The molecule has 1 rings (SSSR count). The van der Waals surface area contributed by atoms with Crippen LogP contribution in [0, 0.1) is 0 Å². The molecule has 0 aliphatic rings. The molecular formula is C15H22N2O3. The SMILES string of the molecule is CCN(CCCO)C(=O)Cc1ccc(NC(C)=O)cc1. The Kier molecular flexibility index (Phi) is 6.73. The predicted molar refractivity (Wildman–Crippen MR) is 78.4 cm³/mol. The highest BCUT2D eigenvalue weighted by Crippen LogP contribution is 2.11. The molecule has 110 valence electrons. The van der Waals surface area contributed by atoms with Gasteiger partial charge in [0, 0.05) is 32.3 Å². The highest BCUT2D eigenvalue weighted by atomic mass is 16.3. The van der Waals surface area contributed by atoms with Gasteiger partial charge in [0.25, 0.3) is 0 Å². The van der Waals surface area contributed by atoms with Gasteiger partial charge in [-0.2, -0.15) is 0 Å². The largest absolute Gasteiger partial charge is 0.396 e. The van der Waals surface area contributed by atoms with Gasteiger partial charge in [-0.15, -0.1) is 0 Å². The Bertz CT molecular complexity index is 443. The van der Waals surface area contributed by atoms with Crippen LogP contribution in [-0.2, 0) is 16.0 Å². The van der Waals surface area contributed by atoms with Crippen LogP contribution in [0.2, 0.25) is 0 Å². The quantitative estimate of drug-likeness (QED) is 0.792. The van der Waals surface area contributed by atoms with E-state index in [0.717, 1.165) is 11.3 Å². The molecule has 0 atom stereocenters. The van der Waals surface area contributed by atoms with Crippen molar-refractivity contribution in [2.45, 2.75) is 26.7 Å². The van der Waals surface area contributed by atoms with Crippen LogP contribution in [0.3, 0.4) is 0 Å². The minimum Gasteiger partial charge on any atom is -0.396 e. The Balaban J connectivity index is 2.58. The average Bonchev–Trinajstić information content (AvgIpc) is 2.41. The molecule has 1 aromatic carbocycles. The van der Waals surface area contributed by atoms with Gasteiger partial charge >= 0.3 is 0 Å². The van der Waals surface area contributed by atoms with E-state index >= 15 is 0 Å². The zero-order chi connectivity index (χ0) is 15.0. The number of likely N-dealkylation sites (N-methyl/N-ethyl adjacent to an activating group) is 1. The smallest absolute Gasteiger partial charge is 0.226 e. The number of nitrogens with one attached hydrogen (secondary N) is 1. The molecular weight excluding hydrogens is 256 g/mol. The topological polar surface area (TPSA) is 69.6 Å². The van der Waals surface area contributed by atoms with Crippen molar-refractivity contribution in [1.29, 1.82) is 0 Å². The molecule has 0 saturated heterocycles. The first-order valence-electron chi connectivity index (χ1n) is 6.82. The van der Waals surface area contributed by atoms with E-state index in [2.05, 4.69) is 5.32 Å². The Labute approximate surface area is 119 Å². The maximum Gasteiger partial charge on any atom is 0.226 e. The van der Waals surface area contributed by atoms with E-state index in [0.29, 0.717) is 25.9 Å². The highest BCUT2D eigenvalue weighted by molar-refractivity contribution is 5.88. The molecule has 0 radical (unpaired) electrons. The van der Waals surface area contributed by atoms with Gasteiger partial charge in [-0.3, -0.25) is 9.59 Å². The number of hydrogen-bond acceptors (Lipinski definition) is 3. The van der Waals surface area contributed by atoms with E-state index in [4.69, 9.17) is 5.11 Å². The monoisotopic (exact) mass is 278 g/mol. The van der Waals surface area contributed by atoms with E-state index in [-0.39, 0.29) is 18.4 Å². The van der Waals surface area contributed by atoms with Crippen molar-refractivity contribution in [1.82, 2.24) is 4.90 Å². The molecule has 2 amide bonds. The number of carbonyl (C=O) groups excluding carboxylic acids is 2. The molecule has 0 spiro atoms. The average molecular weight is 278 g/mol. The summed E-state index contributed by atoms with van der Waals surface area (Å²) in [5.41, 5.74) is 1.63. The summed E-state index contributed by atoms with van der Waals surface area (Å²) in [6.07, 6.45) is 0.931. The molecule has 5 heteroatoms. The molecule has 0 aromatic heterocycles. The van der Waals surface area contributed by atoms with Gasteiger partial charge in [0.15, 0.2) is 0 Å². The summed E-state index contributed by atoms with van der Waals surface area (Å²) < 4.78 is 0. The van der Waals surface area contributed by atoms with Crippen LogP contribution >= 0.6 is 0 Å². The first-order chi connectivity index (χ1) is 9.56. The number of nitrogens with zero attached hydrogens (tertiary/aromatic N) is 1. The number of aliphatic hydroxyl groups excluding tert-OH is 1. The van der Waals surface area contributed by atoms with Crippen molar-refractivity contribution in [3.8, 4) is 0 Å². The molecule has 0 aliphatic carbocycles. The third kappa shape index (κ3) is 5.40. The van der Waals surface area contributed by atoms with Gasteiger partial charge in [-0.05, 0) is 31.0 Å². The minimum atomic E-state index is -0.116. The zero-order valence-electron chi connectivity index (χ0n) is 12.1. The number of anilines is 1. The molecule has 2 N–H and O–H groups in total. The van der Waals surface area contributed by atoms with Gasteiger partial charge < -0.3 is 15.3 Å². The number of rotatable bonds is 7. The molecule has 0 unspecified atom stereocenters. The predicted octanol–water partition coefficient (Wildman–Crippen LogP) is 1.42. The zero-order valence-corrected chi connectivity index (χ0v) is 12.1. The fraction of sp³-hybridized carbons (Fsp3) is 0.467. The van der Waals surface area contributed by atoms with E-state index in [9.17, 15) is 9.59 Å². The number of hydrogen-bond donors (Lipinski definition) is 2. The maximum absolute atomic E-state index is 12.1. The van der Waals surface area contributed by atoms with Crippen LogP contribution in [0.4, 0.5) is 5.69 Å². The Morgan fingerprint density at radius 2 is 1.90 bits per heavy atom.